The number of carbonyl (C=O) groups is 1. The highest BCUT2D eigenvalue weighted by molar-refractivity contribution is 6.91. The number of aliphatic hydroxyl groups excluding tert-OH is 2. The van der Waals surface area contributed by atoms with Crippen LogP contribution in [-0.2, 0) is 20.9 Å². The fourth-order valence-electron chi connectivity index (χ4n) is 3.03. The van der Waals surface area contributed by atoms with Crippen LogP contribution in [0.2, 0.25) is 13.1 Å². The second kappa shape index (κ2) is 9.80. The van der Waals surface area contributed by atoms with E-state index in [4.69, 9.17) is 9.47 Å². The van der Waals surface area contributed by atoms with E-state index in [0.717, 1.165) is 10.8 Å². The molecule has 0 aromatic heterocycles. The van der Waals surface area contributed by atoms with E-state index in [0.29, 0.717) is 6.61 Å². The summed E-state index contributed by atoms with van der Waals surface area (Å²) in [6, 6.07) is 19.3. The van der Waals surface area contributed by atoms with Crippen LogP contribution in [-0.4, -0.2) is 48.8 Å². The Kier molecular flexibility index (Phi) is 7.74. The monoisotopic (exact) mass is 388 g/mol. The average Bonchev–Trinajstić information content (AvgIpc) is 2.66. The standard InChI is InChI=1S/C21H28O5Si/c1-16(22)26-21(27(2,3)18-12-8-5-9-13-18)20(24)19(23)15-25-14-17-10-6-4-7-11-17/h4-13,19-21,23-24H,14-15H2,1-3H3/t19-,20-,21-/m1/s1. The van der Waals surface area contributed by atoms with E-state index in [1.807, 2.05) is 73.8 Å². The van der Waals surface area contributed by atoms with Gasteiger partial charge in [-0.3, -0.25) is 4.79 Å². The Hall–Kier alpha value is -1.99. The van der Waals surface area contributed by atoms with Crippen molar-refractivity contribution in [2.24, 2.45) is 0 Å². The van der Waals surface area contributed by atoms with Crippen molar-refractivity contribution < 1.29 is 24.5 Å². The van der Waals surface area contributed by atoms with Gasteiger partial charge >= 0.3 is 5.97 Å². The van der Waals surface area contributed by atoms with Crippen LogP contribution in [0.4, 0.5) is 0 Å². The molecule has 0 heterocycles. The van der Waals surface area contributed by atoms with Crippen molar-refractivity contribution in [2.75, 3.05) is 6.61 Å². The number of benzene rings is 2. The van der Waals surface area contributed by atoms with Gasteiger partial charge in [0, 0.05) is 6.92 Å². The van der Waals surface area contributed by atoms with E-state index in [9.17, 15) is 15.0 Å². The molecule has 0 aliphatic rings. The van der Waals surface area contributed by atoms with Crippen LogP contribution < -0.4 is 5.19 Å². The van der Waals surface area contributed by atoms with Gasteiger partial charge in [0.05, 0.1) is 13.2 Å². The first-order valence-corrected chi connectivity index (χ1v) is 12.1. The molecule has 5 nitrogen and oxygen atoms in total. The molecule has 2 N–H and O–H groups in total. The first kappa shape index (κ1) is 21.3. The van der Waals surface area contributed by atoms with Crippen LogP contribution in [0.15, 0.2) is 60.7 Å². The second-order valence-electron chi connectivity index (χ2n) is 7.18. The molecule has 0 radical (unpaired) electrons. The van der Waals surface area contributed by atoms with E-state index >= 15 is 0 Å². The third kappa shape index (κ3) is 6.00. The van der Waals surface area contributed by atoms with Crippen molar-refractivity contribution in [3.8, 4) is 0 Å². The molecule has 0 unspecified atom stereocenters. The molecular weight excluding hydrogens is 360 g/mol. The molecule has 0 amide bonds. The van der Waals surface area contributed by atoms with Gasteiger partial charge in [-0.05, 0) is 5.56 Å². The molecular formula is C21H28O5Si. The Balaban J connectivity index is 2.06. The van der Waals surface area contributed by atoms with Crippen LogP contribution in [0, 0.1) is 0 Å². The lowest BCUT2D eigenvalue weighted by Crippen LogP contribution is -2.62. The lowest BCUT2D eigenvalue weighted by Gasteiger charge is -2.37. The van der Waals surface area contributed by atoms with Crippen LogP contribution in [0.5, 0.6) is 0 Å². The molecule has 3 atom stereocenters. The summed E-state index contributed by atoms with van der Waals surface area (Å²) in [4.78, 5) is 11.6. The normalized spacial score (nSPS) is 15.0. The largest absolute Gasteiger partial charge is 0.463 e. The SMILES string of the molecule is CC(=O)O[C@@H]([C@H](O)[C@H](O)COCc1ccccc1)[Si](C)(C)c1ccccc1. The highest BCUT2D eigenvalue weighted by Gasteiger charge is 2.43. The van der Waals surface area contributed by atoms with Crippen molar-refractivity contribution >= 4 is 19.2 Å². The zero-order valence-corrected chi connectivity index (χ0v) is 17.0. The van der Waals surface area contributed by atoms with Gasteiger partial charge in [-0.2, -0.15) is 0 Å². The topological polar surface area (TPSA) is 76.0 Å². The van der Waals surface area contributed by atoms with Crippen molar-refractivity contribution in [1.29, 1.82) is 0 Å². The second-order valence-corrected chi connectivity index (χ2v) is 11.8. The summed E-state index contributed by atoms with van der Waals surface area (Å²) in [6.07, 6.45) is -2.39. The summed E-state index contributed by atoms with van der Waals surface area (Å²) in [5, 5.41) is 22.2. The minimum atomic E-state index is -2.41. The third-order valence-electron chi connectivity index (χ3n) is 4.63. The zero-order chi connectivity index (χ0) is 19.9. The highest BCUT2D eigenvalue weighted by Crippen LogP contribution is 2.19. The van der Waals surface area contributed by atoms with Gasteiger partial charge in [0.25, 0.3) is 0 Å². The third-order valence-corrected chi connectivity index (χ3v) is 8.33. The lowest BCUT2D eigenvalue weighted by molar-refractivity contribution is -0.152. The fraction of sp³-hybridized carbons (Fsp3) is 0.381. The van der Waals surface area contributed by atoms with E-state index in [1.54, 1.807) is 0 Å². The molecule has 2 rings (SSSR count). The molecule has 2 aromatic carbocycles. The number of hydrogen-bond donors (Lipinski definition) is 2. The van der Waals surface area contributed by atoms with E-state index in [1.165, 1.54) is 6.92 Å². The predicted molar refractivity (Wildman–Crippen MR) is 107 cm³/mol. The average molecular weight is 389 g/mol. The van der Waals surface area contributed by atoms with Gasteiger partial charge < -0.3 is 19.7 Å². The maximum absolute atomic E-state index is 11.6. The van der Waals surface area contributed by atoms with Gasteiger partial charge in [0.1, 0.15) is 26.0 Å². The van der Waals surface area contributed by atoms with Gasteiger partial charge in [-0.1, -0.05) is 78.9 Å². The summed E-state index contributed by atoms with van der Waals surface area (Å²) < 4.78 is 11.0. The molecule has 2 aromatic rings. The molecule has 27 heavy (non-hydrogen) atoms. The molecule has 0 spiro atoms. The summed E-state index contributed by atoms with van der Waals surface area (Å²) in [7, 11) is -2.41. The summed E-state index contributed by atoms with van der Waals surface area (Å²) >= 11 is 0. The molecule has 0 fully saturated rings. The van der Waals surface area contributed by atoms with E-state index in [2.05, 4.69) is 0 Å². The highest BCUT2D eigenvalue weighted by atomic mass is 28.3. The number of esters is 1. The smallest absolute Gasteiger partial charge is 0.302 e. The first-order valence-electron chi connectivity index (χ1n) is 9.03. The minimum absolute atomic E-state index is 0.0485. The Morgan fingerprint density at radius 1 is 1.00 bits per heavy atom. The Bertz CT molecular complexity index is 705. The molecule has 6 heteroatoms. The van der Waals surface area contributed by atoms with Crippen LogP contribution in [0.1, 0.15) is 12.5 Å². The maximum atomic E-state index is 11.6. The number of ether oxygens (including phenoxy) is 2. The van der Waals surface area contributed by atoms with E-state index in [-0.39, 0.29) is 6.61 Å². The minimum Gasteiger partial charge on any atom is -0.463 e. The van der Waals surface area contributed by atoms with Crippen LogP contribution >= 0.6 is 0 Å². The number of hydrogen-bond acceptors (Lipinski definition) is 5. The van der Waals surface area contributed by atoms with Crippen molar-refractivity contribution in [2.45, 2.75) is 44.6 Å². The molecule has 0 saturated heterocycles. The zero-order valence-electron chi connectivity index (χ0n) is 16.0. The summed E-state index contributed by atoms with van der Waals surface area (Å²) in [5.74, 6) is -0.479. The fourth-order valence-corrected chi connectivity index (χ4v) is 5.94. The molecule has 0 aliphatic carbocycles. The van der Waals surface area contributed by atoms with Crippen molar-refractivity contribution in [1.82, 2.24) is 0 Å². The number of carbonyl (C=O) groups excluding carboxylic acids is 1. The molecule has 0 aliphatic heterocycles. The number of rotatable bonds is 9. The Morgan fingerprint density at radius 3 is 2.11 bits per heavy atom. The summed E-state index contributed by atoms with van der Waals surface area (Å²) in [5.41, 5.74) is 0.197. The van der Waals surface area contributed by atoms with Crippen molar-refractivity contribution in [3.63, 3.8) is 0 Å². The van der Waals surface area contributed by atoms with Crippen LogP contribution in [0.3, 0.4) is 0 Å². The number of aliphatic hydroxyl groups is 2. The maximum Gasteiger partial charge on any atom is 0.302 e. The van der Waals surface area contributed by atoms with Crippen molar-refractivity contribution in [3.05, 3.63) is 66.2 Å². The first-order chi connectivity index (χ1) is 12.8. The lowest BCUT2D eigenvalue weighted by atomic mass is 10.2. The molecule has 146 valence electrons. The van der Waals surface area contributed by atoms with Gasteiger partial charge in [0.15, 0.2) is 0 Å². The Morgan fingerprint density at radius 2 is 1.56 bits per heavy atom. The van der Waals surface area contributed by atoms with Gasteiger partial charge in [0.2, 0.25) is 0 Å². The Labute approximate surface area is 161 Å². The predicted octanol–water partition coefficient (Wildman–Crippen LogP) is 2.01. The van der Waals surface area contributed by atoms with Crippen LogP contribution in [0.25, 0.3) is 0 Å². The summed E-state index contributed by atoms with van der Waals surface area (Å²) in [6.45, 7) is 5.62. The van der Waals surface area contributed by atoms with E-state index < -0.39 is 32.0 Å². The quantitative estimate of drug-likeness (QED) is 0.508. The molecule has 0 saturated carbocycles. The van der Waals surface area contributed by atoms with Gasteiger partial charge in [-0.15, -0.1) is 0 Å². The molecule has 0 bridgehead atoms. The van der Waals surface area contributed by atoms with Gasteiger partial charge in [-0.25, -0.2) is 0 Å².